The van der Waals surface area contributed by atoms with Gasteiger partial charge in [0, 0.05) is 25.5 Å². The third-order valence-electron chi connectivity index (χ3n) is 3.38. The van der Waals surface area contributed by atoms with Gasteiger partial charge < -0.3 is 24.1 Å². The van der Waals surface area contributed by atoms with Crippen LogP contribution in [0.15, 0.2) is 30.9 Å². The molecule has 22 heavy (non-hydrogen) atoms. The Morgan fingerprint density at radius 2 is 1.82 bits per heavy atom. The average Bonchev–Trinajstić information content (AvgIpc) is 3.06. The molecular weight excluding hydrogens is 282 g/mol. The summed E-state index contributed by atoms with van der Waals surface area (Å²) in [6.07, 6.45) is 6.64. The highest BCUT2D eigenvalue weighted by Gasteiger charge is 2.12. The molecule has 120 valence electrons. The van der Waals surface area contributed by atoms with Crippen molar-refractivity contribution in [1.82, 2.24) is 14.9 Å². The zero-order valence-electron chi connectivity index (χ0n) is 13.3. The number of hydrogen-bond donors (Lipinski definition) is 1. The van der Waals surface area contributed by atoms with Crippen LogP contribution in [0.2, 0.25) is 0 Å². The summed E-state index contributed by atoms with van der Waals surface area (Å²) in [5, 5.41) is 3.42. The van der Waals surface area contributed by atoms with Crippen LogP contribution in [-0.2, 0) is 13.1 Å². The Kier molecular flexibility index (Phi) is 6.09. The third kappa shape index (κ3) is 4.14. The number of aryl methyl sites for hydroxylation is 1. The summed E-state index contributed by atoms with van der Waals surface area (Å²) >= 11 is 0. The number of rotatable bonds is 9. The lowest BCUT2D eigenvalue weighted by atomic mass is 10.1. The Bertz CT molecular complexity index is 545. The van der Waals surface area contributed by atoms with Crippen LogP contribution in [0.5, 0.6) is 17.2 Å². The summed E-state index contributed by atoms with van der Waals surface area (Å²) in [4.78, 5) is 4.03. The summed E-state index contributed by atoms with van der Waals surface area (Å²) in [6.45, 7) is 2.64. The number of benzene rings is 1. The molecule has 2 aromatic rings. The summed E-state index contributed by atoms with van der Waals surface area (Å²) in [6, 6.07) is 3.93. The maximum absolute atomic E-state index is 5.35. The highest BCUT2D eigenvalue weighted by molar-refractivity contribution is 5.53. The molecule has 6 nitrogen and oxygen atoms in total. The van der Waals surface area contributed by atoms with Gasteiger partial charge in [0.25, 0.3) is 0 Å². The second-order valence-corrected chi connectivity index (χ2v) is 4.86. The fraction of sp³-hybridized carbons (Fsp3) is 0.438. The maximum Gasteiger partial charge on any atom is 0.203 e. The first-order valence-corrected chi connectivity index (χ1v) is 7.23. The predicted octanol–water partition coefficient (Wildman–Crippen LogP) is 2.09. The normalized spacial score (nSPS) is 10.5. The van der Waals surface area contributed by atoms with Gasteiger partial charge in [-0.05, 0) is 30.7 Å². The molecule has 0 amide bonds. The van der Waals surface area contributed by atoms with Crippen LogP contribution in [0, 0.1) is 0 Å². The van der Waals surface area contributed by atoms with E-state index in [1.807, 2.05) is 24.7 Å². The quantitative estimate of drug-likeness (QED) is 0.719. The number of hydrogen-bond acceptors (Lipinski definition) is 5. The molecule has 1 N–H and O–H groups in total. The standard InChI is InChI=1S/C16H23N3O3/c1-20-14-9-13(10-15(21-2)16(14)22-3)11-17-5-4-7-19-8-6-18-12-19/h6,8-10,12,17H,4-5,7,11H2,1-3H3. The lowest BCUT2D eigenvalue weighted by Crippen LogP contribution is -2.16. The molecule has 0 aliphatic carbocycles. The van der Waals surface area contributed by atoms with Crippen molar-refractivity contribution in [3.63, 3.8) is 0 Å². The molecule has 0 radical (unpaired) electrons. The van der Waals surface area contributed by atoms with Crippen LogP contribution in [0.3, 0.4) is 0 Å². The Hall–Kier alpha value is -2.21. The molecule has 0 saturated heterocycles. The molecule has 0 aliphatic heterocycles. The fourth-order valence-corrected chi connectivity index (χ4v) is 2.28. The highest BCUT2D eigenvalue weighted by Crippen LogP contribution is 2.38. The van der Waals surface area contributed by atoms with Gasteiger partial charge in [0.15, 0.2) is 11.5 Å². The zero-order chi connectivity index (χ0) is 15.8. The second kappa shape index (κ2) is 8.29. The Morgan fingerprint density at radius 3 is 2.36 bits per heavy atom. The topological polar surface area (TPSA) is 57.5 Å². The van der Waals surface area contributed by atoms with Gasteiger partial charge in [-0.15, -0.1) is 0 Å². The molecule has 1 heterocycles. The number of nitrogens with zero attached hydrogens (tertiary/aromatic N) is 2. The number of methoxy groups -OCH3 is 3. The Morgan fingerprint density at radius 1 is 1.09 bits per heavy atom. The van der Waals surface area contributed by atoms with Gasteiger partial charge in [-0.25, -0.2) is 4.98 Å². The van der Waals surface area contributed by atoms with Crippen molar-refractivity contribution in [3.05, 3.63) is 36.4 Å². The molecule has 1 aromatic heterocycles. The molecule has 2 rings (SSSR count). The smallest absolute Gasteiger partial charge is 0.203 e. The van der Waals surface area contributed by atoms with Crippen molar-refractivity contribution in [1.29, 1.82) is 0 Å². The van der Waals surface area contributed by atoms with Crippen LogP contribution in [-0.4, -0.2) is 37.4 Å². The number of nitrogens with one attached hydrogen (secondary N) is 1. The van der Waals surface area contributed by atoms with Gasteiger partial charge in [0.1, 0.15) is 0 Å². The van der Waals surface area contributed by atoms with Crippen LogP contribution in [0.25, 0.3) is 0 Å². The van der Waals surface area contributed by atoms with E-state index in [9.17, 15) is 0 Å². The second-order valence-electron chi connectivity index (χ2n) is 4.86. The molecular formula is C16H23N3O3. The van der Waals surface area contributed by atoms with E-state index in [1.165, 1.54) is 0 Å². The molecule has 0 unspecified atom stereocenters. The number of aromatic nitrogens is 2. The lowest BCUT2D eigenvalue weighted by molar-refractivity contribution is 0.323. The first kappa shape index (κ1) is 16.2. The van der Waals surface area contributed by atoms with Gasteiger partial charge in [-0.1, -0.05) is 0 Å². The highest BCUT2D eigenvalue weighted by atomic mass is 16.5. The SMILES string of the molecule is COc1cc(CNCCCn2ccnc2)cc(OC)c1OC. The summed E-state index contributed by atoms with van der Waals surface area (Å²) in [7, 11) is 4.85. The van der Waals surface area contributed by atoms with E-state index in [-0.39, 0.29) is 0 Å². The molecule has 0 saturated carbocycles. The predicted molar refractivity (Wildman–Crippen MR) is 84.6 cm³/mol. The Labute approximate surface area is 131 Å². The van der Waals surface area contributed by atoms with Gasteiger partial charge in [0.2, 0.25) is 5.75 Å². The minimum Gasteiger partial charge on any atom is -0.493 e. The van der Waals surface area contributed by atoms with Crippen LogP contribution >= 0.6 is 0 Å². The van der Waals surface area contributed by atoms with Crippen molar-refractivity contribution in [2.45, 2.75) is 19.5 Å². The summed E-state index contributed by atoms with van der Waals surface area (Å²) in [5.41, 5.74) is 1.09. The van der Waals surface area contributed by atoms with E-state index in [4.69, 9.17) is 14.2 Å². The van der Waals surface area contributed by atoms with Crippen molar-refractivity contribution >= 4 is 0 Å². The summed E-state index contributed by atoms with van der Waals surface area (Å²) in [5.74, 6) is 1.97. The van der Waals surface area contributed by atoms with Gasteiger partial charge >= 0.3 is 0 Å². The largest absolute Gasteiger partial charge is 0.493 e. The fourth-order valence-electron chi connectivity index (χ4n) is 2.28. The van der Waals surface area contributed by atoms with E-state index in [0.29, 0.717) is 17.2 Å². The van der Waals surface area contributed by atoms with E-state index in [2.05, 4.69) is 14.9 Å². The van der Waals surface area contributed by atoms with Crippen molar-refractivity contribution in [3.8, 4) is 17.2 Å². The first-order valence-electron chi connectivity index (χ1n) is 7.23. The van der Waals surface area contributed by atoms with E-state index < -0.39 is 0 Å². The summed E-state index contributed by atoms with van der Waals surface area (Å²) < 4.78 is 18.1. The molecule has 0 bridgehead atoms. The minimum atomic E-state index is 0.619. The number of ether oxygens (including phenoxy) is 3. The van der Waals surface area contributed by atoms with E-state index in [0.717, 1.165) is 31.6 Å². The third-order valence-corrected chi connectivity index (χ3v) is 3.38. The van der Waals surface area contributed by atoms with Crippen molar-refractivity contribution < 1.29 is 14.2 Å². The van der Waals surface area contributed by atoms with Gasteiger partial charge in [0.05, 0.1) is 27.7 Å². The van der Waals surface area contributed by atoms with Crippen molar-refractivity contribution in [2.75, 3.05) is 27.9 Å². The molecule has 6 heteroatoms. The zero-order valence-corrected chi connectivity index (χ0v) is 13.3. The van der Waals surface area contributed by atoms with Crippen LogP contribution in [0.1, 0.15) is 12.0 Å². The average molecular weight is 305 g/mol. The Balaban J connectivity index is 1.86. The molecule has 0 aliphatic rings. The van der Waals surface area contributed by atoms with Gasteiger partial charge in [-0.2, -0.15) is 0 Å². The van der Waals surface area contributed by atoms with Crippen molar-refractivity contribution in [2.24, 2.45) is 0 Å². The molecule has 0 atom stereocenters. The minimum absolute atomic E-state index is 0.619. The van der Waals surface area contributed by atoms with E-state index in [1.54, 1.807) is 27.5 Å². The monoisotopic (exact) mass is 305 g/mol. The van der Waals surface area contributed by atoms with E-state index >= 15 is 0 Å². The molecule has 0 spiro atoms. The maximum atomic E-state index is 5.35. The molecule has 1 aromatic carbocycles. The number of imidazole rings is 1. The first-order chi connectivity index (χ1) is 10.8. The van der Waals surface area contributed by atoms with Crippen LogP contribution in [0.4, 0.5) is 0 Å². The van der Waals surface area contributed by atoms with Gasteiger partial charge in [-0.3, -0.25) is 0 Å². The lowest BCUT2D eigenvalue weighted by Gasteiger charge is -2.14. The van der Waals surface area contributed by atoms with Crippen LogP contribution < -0.4 is 19.5 Å². The molecule has 0 fully saturated rings.